The number of carbonyl (C=O) groups excluding carboxylic acids is 1. The average molecular weight is 264 g/mol. The second kappa shape index (κ2) is 5.19. The molecule has 18 heavy (non-hydrogen) atoms. The van der Waals surface area contributed by atoms with Crippen molar-refractivity contribution < 1.29 is 9.18 Å². The Morgan fingerprint density at radius 1 is 1.17 bits per heavy atom. The quantitative estimate of drug-likeness (QED) is 0.883. The van der Waals surface area contributed by atoms with Crippen LogP contribution in [0.2, 0.25) is 5.02 Å². The van der Waals surface area contributed by atoms with E-state index in [0.29, 0.717) is 5.56 Å². The summed E-state index contributed by atoms with van der Waals surface area (Å²) in [5, 5.41) is 2.50. The molecule has 92 valence electrons. The summed E-state index contributed by atoms with van der Waals surface area (Å²) < 4.78 is 13.6. The standard InChI is InChI=1S/C14H11ClFNO/c1-17-14(18)12-11(16)8-7-10(13(12)15)9-5-3-2-4-6-9/h2-8H,1H3,(H,17,18). The maximum Gasteiger partial charge on any atom is 0.255 e. The molecule has 2 rings (SSSR count). The van der Waals surface area contributed by atoms with Crippen molar-refractivity contribution in [3.63, 3.8) is 0 Å². The first-order valence-corrected chi connectivity index (χ1v) is 5.78. The number of rotatable bonds is 2. The average Bonchev–Trinajstić information content (AvgIpc) is 2.39. The van der Waals surface area contributed by atoms with Crippen molar-refractivity contribution in [2.24, 2.45) is 0 Å². The first-order valence-electron chi connectivity index (χ1n) is 5.40. The molecule has 2 nitrogen and oxygen atoms in total. The van der Waals surface area contributed by atoms with Crippen LogP contribution in [0, 0.1) is 5.82 Å². The third-order valence-corrected chi connectivity index (χ3v) is 3.02. The molecule has 0 aliphatic rings. The Kier molecular flexibility index (Phi) is 3.63. The van der Waals surface area contributed by atoms with Crippen LogP contribution in [0.3, 0.4) is 0 Å². The fourth-order valence-electron chi connectivity index (χ4n) is 1.73. The van der Waals surface area contributed by atoms with Crippen molar-refractivity contribution in [1.29, 1.82) is 0 Å². The summed E-state index contributed by atoms with van der Waals surface area (Å²) in [6, 6.07) is 12.1. The largest absolute Gasteiger partial charge is 0.355 e. The number of nitrogens with one attached hydrogen (secondary N) is 1. The third kappa shape index (κ3) is 2.22. The van der Waals surface area contributed by atoms with Gasteiger partial charge in [-0.3, -0.25) is 4.79 Å². The van der Waals surface area contributed by atoms with Gasteiger partial charge in [-0.05, 0) is 17.7 Å². The molecule has 0 saturated heterocycles. The van der Waals surface area contributed by atoms with Gasteiger partial charge in [-0.25, -0.2) is 4.39 Å². The Labute approximate surface area is 109 Å². The van der Waals surface area contributed by atoms with Gasteiger partial charge in [-0.15, -0.1) is 0 Å². The summed E-state index contributed by atoms with van der Waals surface area (Å²) >= 11 is 6.12. The molecular formula is C14H11ClFNO. The van der Waals surface area contributed by atoms with Crippen LogP contribution in [0.15, 0.2) is 42.5 Å². The molecule has 1 N–H and O–H groups in total. The number of hydrogen-bond acceptors (Lipinski definition) is 1. The van der Waals surface area contributed by atoms with Crippen molar-refractivity contribution in [3.05, 3.63) is 58.9 Å². The smallest absolute Gasteiger partial charge is 0.255 e. The van der Waals surface area contributed by atoms with E-state index >= 15 is 0 Å². The maximum absolute atomic E-state index is 13.6. The molecule has 1 amide bonds. The number of benzene rings is 2. The van der Waals surface area contributed by atoms with E-state index in [-0.39, 0.29) is 10.6 Å². The Morgan fingerprint density at radius 2 is 1.83 bits per heavy atom. The van der Waals surface area contributed by atoms with Gasteiger partial charge in [-0.1, -0.05) is 41.9 Å². The van der Waals surface area contributed by atoms with E-state index in [2.05, 4.69) is 5.32 Å². The molecule has 2 aromatic rings. The molecule has 0 unspecified atom stereocenters. The zero-order chi connectivity index (χ0) is 13.1. The second-order valence-electron chi connectivity index (χ2n) is 3.73. The molecule has 0 spiro atoms. The monoisotopic (exact) mass is 263 g/mol. The third-order valence-electron chi connectivity index (χ3n) is 2.63. The van der Waals surface area contributed by atoms with Crippen LogP contribution in [0.25, 0.3) is 11.1 Å². The van der Waals surface area contributed by atoms with Gasteiger partial charge in [0.1, 0.15) is 5.82 Å². The minimum Gasteiger partial charge on any atom is -0.355 e. The number of hydrogen-bond donors (Lipinski definition) is 1. The van der Waals surface area contributed by atoms with Crippen molar-refractivity contribution in [1.82, 2.24) is 5.32 Å². The Hall–Kier alpha value is -1.87. The molecule has 0 heterocycles. The van der Waals surface area contributed by atoms with E-state index in [1.54, 1.807) is 6.07 Å². The van der Waals surface area contributed by atoms with Crippen molar-refractivity contribution >= 4 is 17.5 Å². The molecular weight excluding hydrogens is 253 g/mol. The maximum atomic E-state index is 13.6. The van der Waals surface area contributed by atoms with Crippen LogP contribution >= 0.6 is 11.6 Å². The van der Waals surface area contributed by atoms with Crippen LogP contribution in [0.4, 0.5) is 4.39 Å². The summed E-state index contributed by atoms with van der Waals surface area (Å²) in [5.41, 5.74) is 1.35. The number of halogens is 2. The first kappa shape index (κ1) is 12.6. The molecule has 0 bridgehead atoms. The van der Waals surface area contributed by atoms with Crippen LogP contribution in [0.1, 0.15) is 10.4 Å². The summed E-state index contributed by atoms with van der Waals surface area (Å²) in [6.07, 6.45) is 0. The fourth-order valence-corrected chi connectivity index (χ4v) is 2.07. The lowest BCUT2D eigenvalue weighted by Crippen LogP contribution is -2.20. The van der Waals surface area contributed by atoms with E-state index in [4.69, 9.17) is 11.6 Å². The van der Waals surface area contributed by atoms with Crippen LogP contribution in [-0.4, -0.2) is 13.0 Å². The Morgan fingerprint density at radius 3 is 2.44 bits per heavy atom. The van der Waals surface area contributed by atoms with Gasteiger partial charge < -0.3 is 5.32 Å². The van der Waals surface area contributed by atoms with Crippen molar-refractivity contribution in [2.45, 2.75) is 0 Å². The van der Waals surface area contributed by atoms with Crippen LogP contribution in [-0.2, 0) is 0 Å². The summed E-state index contributed by atoms with van der Waals surface area (Å²) in [7, 11) is 1.44. The van der Waals surface area contributed by atoms with Gasteiger partial charge in [0, 0.05) is 12.6 Å². The van der Waals surface area contributed by atoms with E-state index in [1.165, 1.54) is 13.1 Å². The van der Waals surface area contributed by atoms with E-state index < -0.39 is 11.7 Å². The van der Waals surface area contributed by atoms with Gasteiger partial charge in [0.05, 0.1) is 10.6 Å². The van der Waals surface area contributed by atoms with Gasteiger partial charge in [-0.2, -0.15) is 0 Å². The van der Waals surface area contributed by atoms with Crippen molar-refractivity contribution in [3.8, 4) is 11.1 Å². The SMILES string of the molecule is CNC(=O)c1c(F)ccc(-c2ccccc2)c1Cl. The lowest BCUT2D eigenvalue weighted by Gasteiger charge is -2.10. The molecule has 0 fully saturated rings. The molecule has 0 radical (unpaired) electrons. The number of carbonyl (C=O) groups is 1. The topological polar surface area (TPSA) is 29.1 Å². The Bertz CT molecular complexity index is 584. The van der Waals surface area contributed by atoms with Gasteiger partial charge in [0.15, 0.2) is 0 Å². The normalized spacial score (nSPS) is 10.2. The minimum absolute atomic E-state index is 0.125. The molecule has 0 aliphatic heterocycles. The highest BCUT2D eigenvalue weighted by Crippen LogP contribution is 2.32. The predicted molar refractivity (Wildman–Crippen MR) is 70.2 cm³/mol. The van der Waals surface area contributed by atoms with Gasteiger partial charge in [0.25, 0.3) is 5.91 Å². The molecule has 0 atom stereocenters. The lowest BCUT2D eigenvalue weighted by molar-refractivity contribution is 0.0959. The van der Waals surface area contributed by atoms with Gasteiger partial charge >= 0.3 is 0 Å². The fraction of sp³-hybridized carbons (Fsp3) is 0.0714. The molecule has 0 aromatic heterocycles. The molecule has 0 saturated carbocycles. The molecule has 0 aliphatic carbocycles. The second-order valence-corrected chi connectivity index (χ2v) is 4.11. The van der Waals surface area contributed by atoms with Crippen molar-refractivity contribution in [2.75, 3.05) is 7.05 Å². The zero-order valence-corrected chi connectivity index (χ0v) is 10.5. The molecule has 4 heteroatoms. The van der Waals surface area contributed by atoms with Crippen LogP contribution in [0.5, 0.6) is 0 Å². The number of amides is 1. The highest BCUT2D eigenvalue weighted by atomic mass is 35.5. The summed E-state index contributed by atoms with van der Waals surface area (Å²) in [5.74, 6) is -1.16. The van der Waals surface area contributed by atoms with E-state index in [0.717, 1.165) is 5.56 Å². The summed E-state index contributed by atoms with van der Waals surface area (Å²) in [4.78, 5) is 11.6. The highest BCUT2D eigenvalue weighted by molar-refractivity contribution is 6.36. The Balaban J connectivity index is 2.62. The van der Waals surface area contributed by atoms with E-state index in [1.807, 2.05) is 30.3 Å². The van der Waals surface area contributed by atoms with Crippen LogP contribution < -0.4 is 5.32 Å². The molecule has 2 aromatic carbocycles. The summed E-state index contributed by atoms with van der Waals surface area (Å²) in [6.45, 7) is 0. The highest BCUT2D eigenvalue weighted by Gasteiger charge is 2.18. The van der Waals surface area contributed by atoms with E-state index in [9.17, 15) is 9.18 Å². The lowest BCUT2D eigenvalue weighted by atomic mass is 10.0. The van der Waals surface area contributed by atoms with Gasteiger partial charge in [0.2, 0.25) is 0 Å². The minimum atomic E-state index is -0.626. The first-order chi connectivity index (χ1) is 8.65. The zero-order valence-electron chi connectivity index (χ0n) is 9.71. The predicted octanol–water partition coefficient (Wildman–Crippen LogP) is 3.51.